The van der Waals surface area contributed by atoms with Crippen molar-refractivity contribution in [2.24, 2.45) is 17.4 Å². The van der Waals surface area contributed by atoms with E-state index in [2.05, 4.69) is 12.2 Å². The quantitative estimate of drug-likeness (QED) is 0.480. The SMILES string of the molecule is CCC(CCN)CCC(=O)NCCCCC(N)=O. The molecular formula is C13H27N3O2. The molecule has 0 bridgehead atoms. The number of carbonyl (C=O) groups excluding carboxylic acids is 2. The van der Waals surface area contributed by atoms with Gasteiger partial charge in [0.2, 0.25) is 11.8 Å². The van der Waals surface area contributed by atoms with E-state index in [4.69, 9.17) is 11.5 Å². The fraction of sp³-hybridized carbons (Fsp3) is 0.846. The van der Waals surface area contributed by atoms with Gasteiger partial charge in [0.25, 0.3) is 0 Å². The van der Waals surface area contributed by atoms with Crippen molar-refractivity contribution in [3.8, 4) is 0 Å². The van der Waals surface area contributed by atoms with Gasteiger partial charge in [-0.2, -0.15) is 0 Å². The van der Waals surface area contributed by atoms with Crippen molar-refractivity contribution in [2.45, 2.75) is 51.9 Å². The summed E-state index contributed by atoms with van der Waals surface area (Å²) in [6.45, 7) is 3.44. The monoisotopic (exact) mass is 257 g/mol. The van der Waals surface area contributed by atoms with Gasteiger partial charge in [0.05, 0.1) is 0 Å². The molecule has 0 aliphatic heterocycles. The number of rotatable bonds is 11. The lowest BCUT2D eigenvalue weighted by molar-refractivity contribution is -0.121. The minimum atomic E-state index is -0.283. The average molecular weight is 257 g/mol. The van der Waals surface area contributed by atoms with E-state index < -0.39 is 0 Å². The van der Waals surface area contributed by atoms with E-state index in [1.54, 1.807) is 0 Å². The maximum atomic E-state index is 11.5. The van der Waals surface area contributed by atoms with E-state index in [1.807, 2.05) is 0 Å². The molecule has 0 aromatic rings. The summed E-state index contributed by atoms with van der Waals surface area (Å²) < 4.78 is 0. The molecule has 0 saturated heterocycles. The Bertz CT molecular complexity index is 244. The van der Waals surface area contributed by atoms with Crippen LogP contribution in [0.15, 0.2) is 0 Å². The molecule has 0 aliphatic rings. The van der Waals surface area contributed by atoms with Crippen LogP contribution >= 0.6 is 0 Å². The van der Waals surface area contributed by atoms with Gasteiger partial charge in [-0.3, -0.25) is 9.59 Å². The first-order chi connectivity index (χ1) is 8.60. The number of hydrogen-bond donors (Lipinski definition) is 3. The normalized spacial score (nSPS) is 12.1. The van der Waals surface area contributed by atoms with E-state index in [1.165, 1.54) is 0 Å². The summed E-state index contributed by atoms with van der Waals surface area (Å²) in [5, 5.41) is 2.86. The fourth-order valence-corrected chi connectivity index (χ4v) is 1.86. The first-order valence-corrected chi connectivity index (χ1v) is 6.85. The van der Waals surface area contributed by atoms with Crippen molar-refractivity contribution < 1.29 is 9.59 Å². The van der Waals surface area contributed by atoms with Crippen LogP contribution in [-0.4, -0.2) is 24.9 Å². The van der Waals surface area contributed by atoms with Gasteiger partial charge in [-0.05, 0) is 38.1 Å². The molecular weight excluding hydrogens is 230 g/mol. The van der Waals surface area contributed by atoms with E-state index in [0.29, 0.717) is 31.8 Å². The van der Waals surface area contributed by atoms with Gasteiger partial charge in [-0.15, -0.1) is 0 Å². The Morgan fingerprint density at radius 2 is 1.89 bits per heavy atom. The van der Waals surface area contributed by atoms with Gasteiger partial charge in [0.1, 0.15) is 0 Å². The largest absolute Gasteiger partial charge is 0.370 e. The highest BCUT2D eigenvalue weighted by Crippen LogP contribution is 2.14. The Morgan fingerprint density at radius 3 is 2.44 bits per heavy atom. The second kappa shape index (κ2) is 11.0. The maximum Gasteiger partial charge on any atom is 0.220 e. The van der Waals surface area contributed by atoms with E-state index in [-0.39, 0.29) is 11.8 Å². The van der Waals surface area contributed by atoms with Crippen LogP contribution in [-0.2, 0) is 9.59 Å². The molecule has 0 aliphatic carbocycles. The van der Waals surface area contributed by atoms with Gasteiger partial charge in [0.15, 0.2) is 0 Å². The number of primary amides is 1. The molecule has 0 radical (unpaired) electrons. The molecule has 2 amide bonds. The molecule has 0 heterocycles. The van der Waals surface area contributed by atoms with Crippen molar-refractivity contribution in [1.29, 1.82) is 0 Å². The molecule has 18 heavy (non-hydrogen) atoms. The molecule has 0 rings (SSSR count). The van der Waals surface area contributed by atoms with Crippen LogP contribution in [0.2, 0.25) is 0 Å². The number of amides is 2. The summed E-state index contributed by atoms with van der Waals surface area (Å²) in [4.78, 5) is 22.0. The first-order valence-electron chi connectivity index (χ1n) is 6.85. The van der Waals surface area contributed by atoms with Crippen molar-refractivity contribution >= 4 is 11.8 Å². The number of nitrogens with two attached hydrogens (primary N) is 2. The second-order valence-electron chi connectivity index (χ2n) is 4.66. The zero-order valence-corrected chi connectivity index (χ0v) is 11.4. The van der Waals surface area contributed by atoms with Crippen molar-refractivity contribution in [3.05, 3.63) is 0 Å². The van der Waals surface area contributed by atoms with Crippen LogP contribution in [0.3, 0.4) is 0 Å². The van der Waals surface area contributed by atoms with Gasteiger partial charge >= 0.3 is 0 Å². The number of nitrogens with one attached hydrogen (secondary N) is 1. The standard InChI is InChI=1S/C13H27N3O2/c1-2-11(8-9-14)6-7-13(18)16-10-4-3-5-12(15)17/h11H,2-10,14H2,1H3,(H2,15,17)(H,16,18). The van der Waals surface area contributed by atoms with Crippen LogP contribution in [0.5, 0.6) is 0 Å². The molecule has 5 N–H and O–H groups in total. The lowest BCUT2D eigenvalue weighted by Gasteiger charge is -2.13. The van der Waals surface area contributed by atoms with Crippen molar-refractivity contribution in [2.75, 3.05) is 13.1 Å². The summed E-state index contributed by atoms with van der Waals surface area (Å²) in [7, 11) is 0. The minimum Gasteiger partial charge on any atom is -0.370 e. The third-order valence-corrected chi connectivity index (χ3v) is 3.10. The summed E-state index contributed by atoms with van der Waals surface area (Å²) in [6.07, 6.45) is 5.46. The van der Waals surface area contributed by atoms with Crippen molar-refractivity contribution in [1.82, 2.24) is 5.32 Å². The molecule has 0 spiro atoms. The van der Waals surface area contributed by atoms with Crippen LogP contribution in [0.4, 0.5) is 0 Å². The first kappa shape index (κ1) is 16.9. The summed E-state index contributed by atoms with van der Waals surface area (Å²) in [5.74, 6) is 0.356. The highest BCUT2D eigenvalue weighted by Gasteiger charge is 2.08. The predicted molar refractivity (Wildman–Crippen MR) is 72.7 cm³/mol. The van der Waals surface area contributed by atoms with Gasteiger partial charge in [-0.25, -0.2) is 0 Å². The fourth-order valence-electron chi connectivity index (χ4n) is 1.86. The minimum absolute atomic E-state index is 0.0875. The number of unbranched alkanes of at least 4 members (excludes halogenated alkanes) is 1. The highest BCUT2D eigenvalue weighted by molar-refractivity contribution is 5.75. The third-order valence-electron chi connectivity index (χ3n) is 3.10. The summed E-state index contributed by atoms with van der Waals surface area (Å²) in [5.41, 5.74) is 10.5. The van der Waals surface area contributed by atoms with Crippen LogP contribution in [0.1, 0.15) is 51.9 Å². The van der Waals surface area contributed by atoms with Crippen LogP contribution < -0.4 is 16.8 Å². The number of hydrogen-bond acceptors (Lipinski definition) is 3. The molecule has 0 aromatic carbocycles. The zero-order valence-electron chi connectivity index (χ0n) is 11.4. The van der Waals surface area contributed by atoms with E-state index in [0.717, 1.165) is 32.1 Å². The van der Waals surface area contributed by atoms with Crippen LogP contribution in [0.25, 0.3) is 0 Å². The number of carbonyl (C=O) groups is 2. The summed E-state index contributed by atoms with van der Waals surface area (Å²) >= 11 is 0. The maximum absolute atomic E-state index is 11.5. The Balaban J connectivity index is 3.50. The Labute approximate surface area is 110 Å². The van der Waals surface area contributed by atoms with Crippen molar-refractivity contribution in [3.63, 3.8) is 0 Å². The lowest BCUT2D eigenvalue weighted by Crippen LogP contribution is -2.25. The topological polar surface area (TPSA) is 98.2 Å². The molecule has 1 unspecified atom stereocenters. The lowest BCUT2D eigenvalue weighted by atomic mass is 9.96. The highest BCUT2D eigenvalue weighted by atomic mass is 16.1. The smallest absolute Gasteiger partial charge is 0.220 e. The molecule has 0 saturated carbocycles. The molecule has 5 nitrogen and oxygen atoms in total. The van der Waals surface area contributed by atoms with E-state index >= 15 is 0 Å². The third kappa shape index (κ3) is 10.1. The van der Waals surface area contributed by atoms with Gasteiger partial charge in [0, 0.05) is 19.4 Å². The van der Waals surface area contributed by atoms with Gasteiger partial charge < -0.3 is 16.8 Å². The molecule has 5 heteroatoms. The van der Waals surface area contributed by atoms with Crippen LogP contribution in [0, 0.1) is 5.92 Å². The molecule has 106 valence electrons. The van der Waals surface area contributed by atoms with E-state index in [9.17, 15) is 9.59 Å². The Hall–Kier alpha value is -1.10. The second-order valence-corrected chi connectivity index (χ2v) is 4.66. The predicted octanol–water partition coefficient (Wildman–Crippen LogP) is 0.913. The Morgan fingerprint density at radius 1 is 1.17 bits per heavy atom. The Kier molecular flexibility index (Phi) is 10.3. The zero-order chi connectivity index (χ0) is 13.8. The summed E-state index contributed by atoms with van der Waals surface area (Å²) in [6, 6.07) is 0. The molecule has 0 aromatic heterocycles. The molecule has 1 atom stereocenters. The van der Waals surface area contributed by atoms with Gasteiger partial charge in [-0.1, -0.05) is 13.3 Å². The average Bonchev–Trinajstić information content (AvgIpc) is 2.33. The molecule has 0 fully saturated rings.